The molecule has 4 atom stereocenters. The molecule has 1 saturated carbocycles. The predicted octanol–water partition coefficient (Wildman–Crippen LogP) is 7.43. The molecule has 51 heavy (non-hydrogen) atoms. The lowest BCUT2D eigenvalue weighted by molar-refractivity contribution is -0.318. The molecule has 2 N–H and O–H groups in total. The van der Waals surface area contributed by atoms with Gasteiger partial charge >= 0.3 is 0 Å². The molecule has 0 radical (unpaired) electrons. The molecule has 0 bridgehead atoms. The van der Waals surface area contributed by atoms with Crippen molar-refractivity contribution in [3.8, 4) is 0 Å². The van der Waals surface area contributed by atoms with E-state index < -0.39 is 36.1 Å². The molecule has 1 aliphatic carbocycles. The molecule has 0 spiro atoms. The van der Waals surface area contributed by atoms with Crippen LogP contribution in [0, 0.1) is 0 Å². The fourth-order valence-electron chi connectivity index (χ4n) is 6.76. The van der Waals surface area contributed by atoms with Crippen molar-refractivity contribution in [2.75, 3.05) is 6.61 Å². The maximum Gasteiger partial charge on any atom is 0.122 e. The van der Waals surface area contributed by atoms with E-state index >= 15 is 0 Å². The van der Waals surface area contributed by atoms with Gasteiger partial charge in [-0.25, -0.2) is 0 Å². The number of rotatable bonds is 18. The highest BCUT2D eigenvalue weighted by atomic mass is 16.6. The van der Waals surface area contributed by atoms with E-state index in [1.54, 1.807) is 0 Å². The van der Waals surface area contributed by atoms with Crippen LogP contribution >= 0.6 is 0 Å². The van der Waals surface area contributed by atoms with Gasteiger partial charge in [-0.05, 0) is 40.7 Å². The second-order valence-electron chi connectivity index (χ2n) is 13.0. The quantitative estimate of drug-likeness (QED) is 0.0991. The number of hydrogen-bond acceptors (Lipinski definition) is 7. The van der Waals surface area contributed by atoms with Gasteiger partial charge in [0.2, 0.25) is 0 Å². The molecule has 0 aromatic heterocycles. The Morgan fingerprint density at radius 1 is 0.392 bits per heavy atom. The molecule has 0 amide bonds. The van der Waals surface area contributed by atoms with E-state index in [0.717, 1.165) is 27.8 Å². The number of aliphatic hydroxyl groups is 2. The van der Waals surface area contributed by atoms with Crippen molar-refractivity contribution in [3.05, 3.63) is 179 Å². The number of benzene rings is 5. The summed E-state index contributed by atoms with van der Waals surface area (Å²) in [5, 5.41) is 23.3. The first-order valence-corrected chi connectivity index (χ1v) is 17.7. The van der Waals surface area contributed by atoms with Crippen molar-refractivity contribution in [1.29, 1.82) is 0 Å². The Labute approximate surface area is 301 Å². The molecule has 0 saturated heterocycles. The van der Waals surface area contributed by atoms with E-state index in [-0.39, 0.29) is 46.1 Å². The van der Waals surface area contributed by atoms with Gasteiger partial charge in [-0.2, -0.15) is 0 Å². The second kappa shape index (κ2) is 18.9. The average Bonchev–Trinajstić information content (AvgIpc) is 3.19. The van der Waals surface area contributed by atoms with Gasteiger partial charge in [0.05, 0.1) is 33.0 Å². The van der Waals surface area contributed by atoms with Gasteiger partial charge in [-0.3, -0.25) is 0 Å². The Bertz CT molecular complexity index is 1570. The molecule has 7 nitrogen and oxygen atoms in total. The second-order valence-corrected chi connectivity index (χ2v) is 13.0. The van der Waals surface area contributed by atoms with Crippen LogP contribution in [-0.2, 0) is 56.7 Å². The topological polar surface area (TPSA) is 86.6 Å². The molecule has 4 unspecified atom stereocenters. The zero-order valence-electron chi connectivity index (χ0n) is 28.9. The van der Waals surface area contributed by atoms with E-state index in [4.69, 9.17) is 23.7 Å². The van der Waals surface area contributed by atoms with E-state index in [1.165, 1.54) is 0 Å². The maximum absolute atomic E-state index is 13.1. The number of aliphatic hydroxyl groups excluding tert-OH is 1. The fraction of sp³-hybridized carbons (Fsp3) is 0.318. The van der Waals surface area contributed by atoms with Crippen molar-refractivity contribution < 1.29 is 33.9 Å². The lowest BCUT2D eigenvalue weighted by Crippen LogP contribution is -2.73. The van der Waals surface area contributed by atoms with Gasteiger partial charge in [-0.15, -0.1) is 0 Å². The summed E-state index contributed by atoms with van der Waals surface area (Å²) in [7, 11) is 0. The molecular weight excluding hydrogens is 640 g/mol. The third-order valence-corrected chi connectivity index (χ3v) is 9.37. The minimum absolute atomic E-state index is 0.113. The highest BCUT2D eigenvalue weighted by molar-refractivity contribution is 5.20. The van der Waals surface area contributed by atoms with Gasteiger partial charge < -0.3 is 33.9 Å². The summed E-state index contributed by atoms with van der Waals surface area (Å²) in [5.74, 6) is 0. The largest absolute Gasteiger partial charge is 0.396 e. The lowest BCUT2D eigenvalue weighted by Gasteiger charge is -2.54. The van der Waals surface area contributed by atoms with E-state index in [9.17, 15) is 10.2 Å². The normalized spacial score (nSPS) is 23.2. The van der Waals surface area contributed by atoms with Crippen molar-refractivity contribution in [1.82, 2.24) is 0 Å². The highest BCUT2D eigenvalue weighted by Gasteiger charge is 2.62. The third-order valence-electron chi connectivity index (χ3n) is 9.37. The minimum atomic E-state index is -1.64. The van der Waals surface area contributed by atoms with Gasteiger partial charge in [0.25, 0.3) is 0 Å². The fourth-order valence-corrected chi connectivity index (χ4v) is 6.76. The molecule has 1 aliphatic rings. The van der Waals surface area contributed by atoms with Crippen LogP contribution in [0.25, 0.3) is 0 Å². The van der Waals surface area contributed by atoms with E-state index in [1.807, 2.05) is 152 Å². The lowest BCUT2D eigenvalue weighted by atomic mass is 9.71. The van der Waals surface area contributed by atoms with Crippen LogP contribution < -0.4 is 0 Å². The summed E-state index contributed by atoms with van der Waals surface area (Å²) in [4.78, 5) is 0. The van der Waals surface area contributed by atoms with Crippen LogP contribution in [-0.4, -0.2) is 52.9 Å². The number of ether oxygens (including phenoxy) is 5. The molecule has 7 heteroatoms. The Hall–Kier alpha value is -4.18. The molecule has 5 aromatic rings. The third kappa shape index (κ3) is 10.00. The first-order valence-electron chi connectivity index (χ1n) is 17.7. The molecular formula is C44H48O7. The molecule has 0 heterocycles. The van der Waals surface area contributed by atoms with Crippen molar-refractivity contribution in [2.24, 2.45) is 0 Å². The summed E-state index contributed by atoms with van der Waals surface area (Å²) < 4.78 is 34.1. The Morgan fingerprint density at radius 2 is 0.667 bits per heavy atom. The minimum Gasteiger partial charge on any atom is -0.396 e. The first kappa shape index (κ1) is 36.6. The van der Waals surface area contributed by atoms with Gasteiger partial charge in [0.15, 0.2) is 0 Å². The van der Waals surface area contributed by atoms with Gasteiger partial charge in [0, 0.05) is 6.61 Å². The molecule has 1 fully saturated rings. The summed E-state index contributed by atoms with van der Waals surface area (Å²) in [6, 6.07) is 49.6. The van der Waals surface area contributed by atoms with Gasteiger partial charge in [0.1, 0.15) is 36.1 Å². The van der Waals surface area contributed by atoms with E-state index in [0.29, 0.717) is 6.42 Å². The zero-order valence-corrected chi connectivity index (χ0v) is 28.9. The Balaban J connectivity index is 1.43. The maximum atomic E-state index is 13.1. The van der Waals surface area contributed by atoms with Crippen LogP contribution in [0.5, 0.6) is 0 Å². The molecule has 6 rings (SSSR count). The van der Waals surface area contributed by atoms with Crippen LogP contribution in [0.2, 0.25) is 0 Å². The summed E-state index contributed by atoms with van der Waals surface area (Å²) in [6.45, 7) is 1.15. The zero-order chi connectivity index (χ0) is 35.1. The monoisotopic (exact) mass is 688 g/mol. The van der Waals surface area contributed by atoms with Crippen molar-refractivity contribution >= 4 is 0 Å². The standard InChI is InChI=1S/C44H48O7/c45-28-16-27-44(46)42(50-32-37-23-12-4-13-24-37)40(48-30-35-19-8-2-9-20-35)39(47-29-34-17-6-1-7-18-34)41(49-31-36-21-10-3-11-22-36)43(44)51-33-38-25-14-5-15-26-38/h1-15,17-26,39-43,45-46H,16,27-33H2/t39-,40?,41?,42?,43?,44+. The van der Waals surface area contributed by atoms with Crippen LogP contribution in [0.4, 0.5) is 0 Å². The smallest absolute Gasteiger partial charge is 0.122 e. The summed E-state index contributed by atoms with van der Waals surface area (Å²) in [6.07, 6.45) is -3.59. The Morgan fingerprint density at radius 3 is 0.961 bits per heavy atom. The summed E-state index contributed by atoms with van der Waals surface area (Å²) >= 11 is 0. The van der Waals surface area contributed by atoms with E-state index in [2.05, 4.69) is 0 Å². The van der Waals surface area contributed by atoms with Crippen molar-refractivity contribution in [2.45, 2.75) is 82.0 Å². The van der Waals surface area contributed by atoms with Crippen LogP contribution in [0.3, 0.4) is 0 Å². The molecule has 0 aliphatic heterocycles. The average molecular weight is 689 g/mol. The van der Waals surface area contributed by atoms with Crippen LogP contribution in [0.1, 0.15) is 40.7 Å². The molecule has 5 aromatic carbocycles. The first-order chi connectivity index (χ1) is 25.1. The predicted molar refractivity (Wildman–Crippen MR) is 196 cm³/mol. The van der Waals surface area contributed by atoms with Crippen LogP contribution in [0.15, 0.2) is 152 Å². The Kier molecular flexibility index (Phi) is 13.6. The molecule has 266 valence electrons. The van der Waals surface area contributed by atoms with Crippen molar-refractivity contribution in [3.63, 3.8) is 0 Å². The van der Waals surface area contributed by atoms with Gasteiger partial charge in [-0.1, -0.05) is 152 Å². The SMILES string of the molecule is OCCC[C@]1(O)C(OCc2ccccc2)C(OCc2ccccc2)[C@@H](OCc2ccccc2)C(OCc2ccccc2)C1OCc1ccccc1. The number of hydrogen-bond donors (Lipinski definition) is 2. The highest BCUT2D eigenvalue weighted by Crippen LogP contribution is 2.42. The summed E-state index contributed by atoms with van der Waals surface area (Å²) in [5.41, 5.74) is 3.21.